The minimum Gasteiger partial charge on any atom is -0.343 e. The van der Waals surface area contributed by atoms with Gasteiger partial charge in [-0.3, -0.25) is 14.5 Å². The molecule has 1 N–H and O–H groups in total. The summed E-state index contributed by atoms with van der Waals surface area (Å²) in [5.74, 6) is -0.741. The number of ketones is 1. The summed E-state index contributed by atoms with van der Waals surface area (Å²) in [7, 11) is 1.91. The Morgan fingerprint density at radius 1 is 0.943 bits per heavy atom. The van der Waals surface area contributed by atoms with Crippen molar-refractivity contribution in [3.8, 4) is 11.3 Å². The molecule has 1 aliphatic rings. The molecule has 1 aromatic heterocycles. The van der Waals surface area contributed by atoms with E-state index in [0.29, 0.717) is 22.6 Å². The lowest BCUT2D eigenvalue weighted by Crippen LogP contribution is -2.43. The number of aromatic nitrogens is 1. The fourth-order valence-corrected chi connectivity index (χ4v) is 5.10. The summed E-state index contributed by atoms with van der Waals surface area (Å²) in [5.41, 5.74) is 2.43. The van der Waals surface area contributed by atoms with Crippen LogP contribution < -0.4 is 5.32 Å². The Hall–Kier alpha value is -3.90. The second-order valence-electron chi connectivity index (χ2n) is 8.68. The second kappa shape index (κ2) is 8.71. The number of benzene rings is 3. The Kier molecular flexibility index (Phi) is 5.69. The molecule has 1 fully saturated rings. The monoisotopic (exact) mass is 485 g/mol. The maximum atomic E-state index is 13.8. The number of amides is 3. The van der Waals surface area contributed by atoms with E-state index in [-0.39, 0.29) is 12.3 Å². The van der Waals surface area contributed by atoms with Crippen LogP contribution in [0.1, 0.15) is 29.3 Å². The van der Waals surface area contributed by atoms with Gasteiger partial charge in [-0.1, -0.05) is 79.2 Å². The van der Waals surface area contributed by atoms with Crippen molar-refractivity contribution in [3.05, 3.63) is 95.0 Å². The summed E-state index contributed by atoms with van der Waals surface area (Å²) in [6.45, 7) is 1.48. The van der Waals surface area contributed by atoms with Gasteiger partial charge >= 0.3 is 6.03 Å². The Morgan fingerprint density at radius 2 is 1.60 bits per heavy atom. The number of rotatable bonds is 6. The maximum absolute atomic E-state index is 13.8. The van der Waals surface area contributed by atoms with Gasteiger partial charge in [0.25, 0.3) is 5.91 Å². The van der Waals surface area contributed by atoms with Gasteiger partial charge < -0.3 is 9.88 Å². The van der Waals surface area contributed by atoms with Crippen molar-refractivity contribution in [1.82, 2.24) is 14.8 Å². The summed E-state index contributed by atoms with van der Waals surface area (Å²) in [4.78, 5) is 41.4. The third kappa shape index (κ3) is 3.61. The number of halogens is 1. The summed E-state index contributed by atoms with van der Waals surface area (Å²) in [6.07, 6.45) is 0.341. The number of Topliss-reactive ketones (excluding diaryl/α,β-unsaturated/α-hetero) is 1. The number of urea groups is 1. The lowest BCUT2D eigenvalue weighted by molar-refractivity contribution is -0.131. The Bertz CT molecular complexity index is 1460. The molecule has 1 atom stereocenters. The van der Waals surface area contributed by atoms with Gasteiger partial charge in [-0.25, -0.2) is 4.79 Å². The van der Waals surface area contributed by atoms with Gasteiger partial charge in [-0.15, -0.1) is 0 Å². The maximum Gasteiger partial charge on any atom is 0.325 e. The predicted molar refractivity (Wildman–Crippen MR) is 136 cm³/mol. The predicted octanol–water partition coefficient (Wildman–Crippen LogP) is 5.54. The third-order valence-corrected chi connectivity index (χ3v) is 7.03. The smallest absolute Gasteiger partial charge is 0.325 e. The number of carbonyl (C=O) groups is 3. The minimum atomic E-state index is -1.23. The number of carbonyl (C=O) groups excluding carboxylic acids is 3. The molecule has 35 heavy (non-hydrogen) atoms. The first-order valence-corrected chi connectivity index (χ1v) is 11.8. The first kappa shape index (κ1) is 22.9. The summed E-state index contributed by atoms with van der Waals surface area (Å²) in [5, 5.41) is 4.15. The normalized spacial score (nSPS) is 17.7. The molecule has 1 saturated heterocycles. The van der Waals surface area contributed by atoms with Crippen molar-refractivity contribution < 1.29 is 14.4 Å². The van der Waals surface area contributed by atoms with E-state index in [1.165, 1.54) is 0 Å². The first-order valence-electron chi connectivity index (χ1n) is 11.4. The zero-order valence-electron chi connectivity index (χ0n) is 19.4. The zero-order valence-corrected chi connectivity index (χ0v) is 20.2. The Labute approximate surface area is 208 Å². The Morgan fingerprint density at radius 3 is 2.29 bits per heavy atom. The highest BCUT2D eigenvalue weighted by Crippen LogP contribution is 2.36. The van der Waals surface area contributed by atoms with E-state index < -0.39 is 17.5 Å². The first-order chi connectivity index (χ1) is 16.9. The van der Waals surface area contributed by atoms with Crippen LogP contribution >= 0.6 is 11.6 Å². The highest BCUT2D eigenvalue weighted by Gasteiger charge is 2.51. The molecular weight excluding hydrogens is 462 g/mol. The van der Waals surface area contributed by atoms with Crippen LogP contribution in [0.15, 0.2) is 78.9 Å². The van der Waals surface area contributed by atoms with Gasteiger partial charge in [0.1, 0.15) is 5.54 Å². The fraction of sp³-hybridized carbons (Fsp3) is 0.179. The lowest BCUT2D eigenvalue weighted by atomic mass is 9.87. The molecule has 0 radical (unpaired) electrons. The Balaban J connectivity index is 1.55. The van der Waals surface area contributed by atoms with Crippen LogP contribution in [0, 0.1) is 0 Å². The van der Waals surface area contributed by atoms with E-state index in [9.17, 15) is 14.4 Å². The highest BCUT2D eigenvalue weighted by molar-refractivity contribution is 6.30. The summed E-state index contributed by atoms with van der Waals surface area (Å²) >= 11 is 6.02. The molecule has 2 heterocycles. The lowest BCUT2D eigenvalue weighted by Gasteiger charge is -2.25. The van der Waals surface area contributed by atoms with Crippen LogP contribution in [-0.2, 0) is 17.4 Å². The number of nitrogens with zero attached hydrogens (tertiary/aromatic N) is 2. The topological polar surface area (TPSA) is 71.4 Å². The van der Waals surface area contributed by atoms with E-state index >= 15 is 0 Å². The van der Waals surface area contributed by atoms with Gasteiger partial charge in [0.2, 0.25) is 0 Å². The van der Waals surface area contributed by atoms with Crippen LogP contribution in [0.25, 0.3) is 22.2 Å². The quantitative estimate of drug-likeness (QED) is 0.288. The molecule has 7 heteroatoms. The molecule has 0 saturated carbocycles. The van der Waals surface area contributed by atoms with E-state index in [4.69, 9.17) is 11.6 Å². The van der Waals surface area contributed by atoms with Crippen LogP contribution in [0.4, 0.5) is 4.79 Å². The highest BCUT2D eigenvalue weighted by atomic mass is 35.5. The number of hydrogen-bond acceptors (Lipinski definition) is 3. The second-order valence-corrected chi connectivity index (χ2v) is 9.11. The number of para-hydroxylation sites is 1. The molecule has 0 spiro atoms. The molecule has 1 aliphatic heterocycles. The van der Waals surface area contributed by atoms with Crippen LogP contribution in [-0.4, -0.2) is 33.7 Å². The molecule has 4 aromatic rings. The molecule has 5 rings (SSSR count). The molecule has 0 bridgehead atoms. The molecule has 0 unspecified atom stereocenters. The average molecular weight is 486 g/mol. The van der Waals surface area contributed by atoms with Crippen molar-refractivity contribution in [2.45, 2.75) is 18.9 Å². The van der Waals surface area contributed by atoms with E-state index in [2.05, 4.69) is 5.32 Å². The molecule has 176 valence electrons. The van der Waals surface area contributed by atoms with Crippen LogP contribution in [0.5, 0.6) is 0 Å². The fourth-order valence-electron chi connectivity index (χ4n) is 4.98. The van der Waals surface area contributed by atoms with Crippen molar-refractivity contribution in [2.75, 3.05) is 6.54 Å². The van der Waals surface area contributed by atoms with Gasteiger partial charge in [0, 0.05) is 23.0 Å². The summed E-state index contributed by atoms with van der Waals surface area (Å²) in [6, 6.07) is 23.5. The minimum absolute atomic E-state index is 0.299. The van der Waals surface area contributed by atoms with E-state index in [1.54, 1.807) is 24.3 Å². The van der Waals surface area contributed by atoms with E-state index in [1.807, 2.05) is 73.1 Å². The number of aryl methyl sites for hydroxylation is 1. The SMILES string of the molecule is CC[C@]1(c2ccc(Cl)cc2)NC(=O)N(CC(=O)c2c(-c3ccccc3)n(C)c3ccccc23)C1=O. The zero-order chi connectivity index (χ0) is 24.7. The van der Waals surface area contributed by atoms with Crippen LogP contribution in [0.2, 0.25) is 5.02 Å². The van der Waals surface area contributed by atoms with Crippen molar-refractivity contribution in [3.63, 3.8) is 0 Å². The molecule has 6 nitrogen and oxygen atoms in total. The number of fused-ring (bicyclic) bond motifs is 1. The standard InChI is InChI=1S/C28H24ClN3O3/c1-3-28(19-13-15-20(29)16-14-19)26(34)32(27(35)30-28)17-23(33)24-21-11-7-8-12-22(21)31(2)25(24)18-9-5-4-6-10-18/h4-16H,3,17H2,1-2H3,(H,30,35)/t28-/m1/s1. The van der Waals surface area contributed by atoms with Gasteiger partial charge in [0.05, 0.1) is 17.8 Å². The van der Waals surface area contributed by atoms with E-state index in [0.717, 1.165) is 27.1 Å². The summed E-state index contributed by atoms with van der Waals surface area (Å²) < 4.78 is 1.98. The van der Waals surface area contributed by atoms with Crippen molar-refractivity contribution in [2.24, 2.45) is 7.05 Å². The van der Waals surface area contributed by atoms with Gasteiger partial charge in [0.15, 0.2) is 5.78 Å². The van der Waals surface area contributed by atoms with Gasteiger partial charge in [-0.05, 0) is 35.7 Å². The average Bonchev–Trinajstić information content (AvgIpc) is 3.31. The number of hydrogen-bond donors (Lipinski definition) is 1. The molecule has 3 aromatic carbocycles. The molecule has 0 aliphatic carbocycles. The van der Waals surface area contributed by atoms with Crippen molar-refractivity contribution >= 4 is 40.2 Å². The van der Waals surface area contributed by atoms with Gasteiger partial charge in [-0.2, -0.15) is 0 Å². The number of imide groups is 1. The molecule has 3 amide bonds. The molecular formula is C28H24ClN3O3. The largest absolute Gasteiger partial charge is 0.343 e. The van der Waals surface area contributed by atoms with Crippen molar-refractivity contribution in [1.29, 1.82) is 0 Å². The van der Waals surface area contributed by atoms with Crippen LogP contribution in [0.3, 0.4) is 0 Å². The third-order valence-electron chi connectivity index (χ3n) is 6.78. The number of nitrogens with one attached hydrogen (secondary N) is 1.